The monoisotopic (exact) mass is 208 g/mol. The van der Waals surface area contributed by atoms with Crippen LogP contribution in [-0.4, -0.2) is 11.0 Å². The van der Waals surface area contributed by atoms with E-state index in [2.05, 4.69) is 0 Å². The van der Waals surface area contributed by atoms with Crippen molar-refractivity contribution in [2.75, 3.05) is 0 Å². The summed E-state index contributed by atoms with van der Waals surface area (Å²) in [5.74, 6) is 0. The largest absolute Gasteiger partial charge is 0.328 e. The van der Waals surface area contributed by atoms with Crippen molar-refractivity contribution < 1.29 is 4.92 Å². The highest BCUT2D eigenvalue weighted by Gasteiger charge is 2.09. The highest BCUT2D eigenvalue weighted by molar-refractivity contribution is 5.41. The Balaban J connectivity index is 2.78. The van der Waals surface area contributed by atoms with Crippen molar-refractivity contribution in [3.05, 3.63) is 39.4 Å². The second-order valence-corrected chi connectivity index (χ2v) is 3.89. The lowest BCUT2D eigenvalue weighted by Gasteiger charge is -2.05. The number of rotatable bonds is 4. The SMILES string of the molecule is Cc1cc(CCC(C)N)ccc1[N+](=O)[O-]. The molecule has 0 fully saturated rings. The van der Waals surface area contributed by atoms with Gasteiger partial charge in [-0.15, -0.1) is 0 Å². The lowest BCUT2D eigenvalue weighted by molar-refractivity contribution is -0.385. The molecular formula is C11H16N2O2. The van der Waals surface area contributed by atoms with Gasteiger partial charge in [0.25, 0.3) is 5.69 Å². The molecule has 0 spiro atoms. The molecule has 0 radical (unpaired) electrons. The summed E-state index contributed by atoms with van der Waals surface area (Å²) < 4.78 is 0. The van der Waals surface area contributed by atoms with Gasteiger partial charge in [0.2, 0.25) is 0 Å². The van der Waals surface area contributed by atoms with Gasteiger partial charge in [-0.3, -0.25) is 10.1 Å². The van der Waals surface area contributed by atoms with Gasteiger partial charge in [0.05, 0.1) is 4.92 Å². The van der Waals surface area contributed by atoms with Gasteiger partial charge in [0, 0.05) is 17.7 Å². The van der Waals surface area contributed by atoms with Gasteiger partial charge in [-0.05, 0) is 38.3 Å². The summed E-state index contributed by atoms with van der Waals surface area (Å²) >= 11 is 0. The summed E-state index contributed by atoms with van der Waals surface area (Å²) in [4.78, 5) is 10.2. The third kappa shape index (κ3) is 3.32. The van der Waals surface area contributed by atoms with Crippen molar-refractivity contribution in [3.8, 4) is 0 Å². The van der Waals surface area contributed by atoms with E-state index < -0.39 is 0 Å². The van der Waals surface area contributed by atoms with E-state index in [0.717, 1.165) is 18.4 Å². The van der Waals surface area contributed by atoms with Crippen LogP contribution in [0.15, 0.2) is 18.2 Å². The van der Waals surface area contributed by atoms with Crippen molar-refractivity contribution in [2.24, 2.45) is 5.73 Å². The molecular weight excluding hydrogens is 192 g/mol. The molecule has 1 aromatic rings. The zero-order valence-corrected chi connectivity index (χ0v) is 9.06. The van der Waals surface area contributed by atoms with Crippen molar-refractivity contribution in [1.82, 2.24) is 0 Å². The number of aryl methyl sites for hydroxylation is 2. The minimum atomic E-state index is -0.356. The fourth-order valence-corrected chi connectivity index (χ4v) is 1.47. The molecule has 0 amide bonds. The Hall–Kier alpha value is -1.42. The van der Waals surface area contributed by atoms with Crippen LogP contribution in [0.2, 0.25) is 0 Å². The Labute approximate surface area is 89.2 Å². The quantitative estimate of drug-likeness (QED) is 0.609. The van der Waals surface area contributed by atoms with E-state index in [1.165, 1.54) is 0 Å². The second-order valence-electron chi connectivity index (χ2n) is 3.89. The first-order valence-corrected chi connectivity index (χ1v) is 5.00. The highest BCUT2D eigenvalue weighted by atomic mass is 16.6. The first kappa shape index (κ1) is 11.7. The minimum Gasteiger partial charge on any atom is -0.328 e. The zero-order valence-electron chi connectivity index (χ0n) is 9.06. The summed E-state index contributed by atoms with van der Waals surface area (Å²) in [7, 11) is 0. The third-order valence-electron chi connectivity index (χ3n) is 2.35. The molecule has 0 aliphatic rings. The van der Waals surface area contributed by atoms with E-state index in [1.807, 2.05) is 13.0 Å². The van der Waals surface area contributed by atoms with Crippen molar-refractivity contribution in [2.45, 2.75) is 32.7 Å². The average molecular weight is 208 g/mol. The van der Waals surface area contributed by atoms with Crippen LogP contribution in [0.25, 0.3) is 0 Å². The maximum Gasteiger partial charge on any atom is 0.272 e. The Kier molecular flexibility index (Phi) is 3.80. The van der Waals surface area contributed by atoms with Gasteiger partial charge < -0.3 is 5.73 Å². The topological polar surface area (TPSA) is 69.2 Å². The average Bonchev–Trinajstić information content (AvgIpc) is 2.14. The van der Waals surface area contributed by atoms with Crippen LogP contribution in [0.4, 0.5) is 5.69 Å². The van der Waals surface area contributed by atoms with Gasteiger partial charge in [-0.2, -0.15) is 0 Å². The van der Waals surface area contributed by atoms with Crippen molar-refractivity contribution in [1.29, 1.82) is 0 Å². The molecule has 0 aliphatic heterocycles. The van der Waals surface area contributed by atoms with E-state index >= 15 is 0 Å². The first-order chi connectivity index (χ1) is 7.00. The summed E-state index contributed by atoms with van der Waals surface area (Å²) in [6.07, 6.45) is 1.77. The molecule has 0 heterocycles. The Bertz CT molecular complexity index is 362. The third-order valence-corrected chi connectivity index (χ3v) is 2.35. The smallest absolute Gasteiger partial charge is 0.272 e. The van der Waals surface area contributed by atoms with Crippen LogP contribution in [-0.2, 0) is 6.42 Å². The van der Waals surface area contributed by atoms with E-state index in [-0.39, 0.29) is 16.7 Å². The molecule has 4 nitrogen and oxygen atoms in total. The fraction of sp³-hybridized carbons (Fsp3) is 0.455. The Morgan fingerprint density at radius 2 is 2.20 bits per heavy atom. The molecule has 4 heteroatoms. The van der Waals surface area contributed by atoms with Crippen LogP contribution in [0, 0.1) is 17.0 Å². The number of hydrogen-bond acceptors (Lipinski definition) is 3. The molecule has 0 aliphatic carbocycles. The minimum absolute atomic E-state index is 0.167. The highest BCUT2D eigenvalue weighted by Crippen LogP contribution is 2.19. The molecule has 1 unspecified atom stereocenters. The number of nitro benzene ring substituents is 1. The summed E-state index contributed by atoms with van der Waals surface area (Å²) in [5.41, 5.74) is 7.65. The van der Waals surface area contributed by atoms with Crippen LogP contribution in [0.3, 0.4) is 0 Å². The van der Waals surface area contributed by atoms with E-state index in [4.69, 9.17) is 5.73 Å². The van der Waals surface area contributed by atoms with Gasteiger partial charge >= 0.3 is 0 Å². The van der Waals surface area contributed by atoms with E-state index in [1.54, 1.807) is 19.1 Å². The molecule has 2 N–H and O–H groups in total. The number of nitrogens with zero attached hydrogens (tertiary/aromatic N) is 1. The fourth-order valence-electron chi connectivity index (χ4n) is 1.47. The summed E-state index contributed by atoms with van der Waals surface area (Å²) in [5, 5.41) is 10.6. The van der Waals surface area contributed by atoms with Gasteiger partial charge in [-0.1, -0.05) is 6.07 Å². The molecule has 1 atom stereocenters. The summed E-state index contributed by atoms with van der Waals surface area (Å²) in [6, 6.07) is 5.39. The maximum atomic E-state index is 10.6. The predicted octanol–water partition coefficient (Wildman–Crippen LogP) is 2.18. The van der Waals surface area contributed by atoms with Crippen LogP contribution < -0.4 is 5.73 Å². The number of nitro groups is 1. The van der Waals surface area contributed by atoms with Crippen molar-refractivity contribution in [3.63, 3.8) is 0 Å². The number of hydrogen-bond donors (Lipinski definition) is 1. The molecule has 1 aromatic carbocycles. The predicted molar refractivity (Wildman–Crippen MR) is 59.8 cm³/mol. The zero-order chi connectivity index (χ0) is 11.4. The van der Waals surface area contributed by atoms with Gasteiger partial charge in [0.1, 0.15) is 0 Å². The molecule has 82 valence electrons. The standard InChI is InChI=1S/C11H16N2O2/c1-8-7-10(4-3-9(2)12)5-6-11(8)13(14)15/h5-7,9H,3-4,12H2,1-2H3. The van der Waals surface area contributed by atoms with Crippen LogP contribution in [0.5, 0.6) is 0 Å². The van der Waals surface area contributed by atoms with Crippen molar-refractivity contribution >= 4 is 5.69 Å². The number of benzene rings is 1. The molecule has 0 bridgehead atoms. The second kappa shape index (κ2) is 4.89. The van der Waals surface area contributed by atoms with E-state index in [9.17, 15) is 10.1 Å². The Morgan fingerprint density at radius 1 is 1.53 bits per heavy atom. The van der Waals surface area contributed by atoms with Gasteiger partial charge in [0.15, 0.2) is 0 Å². The molecule has 0 saturated carbocycles. The molecule has 1 rings (SSSR count). The normalized spacial score (nSPS) is 12.5. The lowest BCUT2D eigenvalue weighted by Crippen LogP contribution is -2.15. The molecule has 15 heavy (non-hydrogen) atoms. The maximum absolute atomic E-state index is 10.6. The molecule has 0 saturated heterocycles. The van der Waals surface area contributed by atoms with Crippen LogP contribution in [0.1, 0.15) is 24.5 Å². The number of nitrogens with two attached hydrogens (primary N) is 1. The summed E-state index contributed by atoms with van der Waals surface area (Å²) in [6.45, 7) is 3.71. The van der Waals surface area contributed by atoms with Gasteiger partial charge in [-0.25, -0.2) is 0 Å². The first-order valence-electron chi connectivity index (χ1n) is 5.00. The van der Waals surface area contributed by atoms with E-state index in [0.29, 0.717) is 5.56 Å². The Morgan fingerprint density at radius 3 is 2.67 bits per heavy atom. The molecule has 0 aromatic heterocycles. The van der Waals surface area contributed by atoms with Crippen LogP contribution >= 0.6 is 0 Å². The lowest BCUT2D eigenvalue weighted by atomic mass is 10.0.